The summed E-state index contributed by atoms with van der Waals surface area (Å²) in [6.07, 6.45) is 0. The molecule has 2 N–H and O–H groups in total. The van der Waals surface area contributed by atoms with Crippen LogP contribution in [0.2, 0.25) is 0 Å². The molecule has 14 heavy (non-hydrogen) atoms. The third-order valence-electron chi connectivity index (χ3n) is 1.87. The van der Waals surface area contributed by atoms with Crippen molar-refractivity contribution in [1.29, 1.82) is 0 Å². The van der Waals surface area contributed by atoms with Gasteiger partial charge in [-0.05, 0) is 0 Å². The molecule has 8 heteroatoms. The Hall–Kier alpha value is -2.12. The molecule has 0 aliphatic rings. The molecule has 1 heterocycles. The molecule has 0 amide bonds. The molecule has 1 aromatic rings. The van der Waals surface area contributed by atoms with Gasteiger partial charge in [0.15, 0.2) is 5.82 Å². The lowest BCUT2D eigenvalue weighted by Crippen LogP contribution is -2.39. The molecule has 0 radical (unpaired) electrons. The Bertz CT molecular complexity index is 512. The number of nitrogens with two attached hydrogens (primary N) is 1. The van der Waals surface area contributed by atoms with E-state index in [9.17, 15) is 19.7 Å². The first-order valence-electron chi connectivity index (χ1n) is 3.57. The molecule has 0 aliphatic heterocycles. The van der Waals surface area contributed by atoms with Crippen LogP contribution in [0.15, 0.2) is 9.59 Å². The molecule has 0 unspecified atom stereocenters. The van der Waals surface area contributed by atoms with Gasteiger partial charge >= 0.3 is 16.9 Å². The molecule has 0 bridgehead atoms. The van der Waals surface area contributed by atoms with Crippen LogP contribution in [0, 0.1) is 10.1 Å². The summed E-state index contributed by atoms with van der Waals surface area (Å²) in [5, 5.41) is 10.5. The minimum atomic E-state index is -1.00. The fourth-order valence-corrected chi connectivity index (χ4v) is 1.01. The minimum Gasteiger partial charge on any atom is -0.379 e. The third kappa shape index (κ3) is 1.16. The van der Waals surface area contributed by atoms with Crippen LogP contribution in [0.5, 0.6) is 0 Å². The number of nitro groups is 1. The Labute approximate surface area is 77.3 Å². The summed E-state index contributed by atoms with van der Waals surface area (Å²) < 4.78 is 1.48. The van der Waals surface area contributed by atoms with Crippen LogP contribution in [0.3, 0.4) is 0 Å². The van der Waals surface area contributed by atoms with Crippen molar-refractivity contribution in [3.05, 3.63) is 31.0 Å². The van der Waals surface area contributed by atoms with Crippen LogP contribution in [-0.2, 0) is 14.1 Å². The molecule has 0 saturated heterocycles. The van der Waals surface area contributed by atoms with Gasteiger partial charge in [-0.2, -0.15) is 0 Å². The van der Waals surface area contributed by atoms with Crippen molar-refractivity contribution in [1.82, 2.24) is 9.13 Å². The first-order chi connectivity index (χ1) is 6.37. The predicted octanol–water partition coefficient (Wildman–Crippen LogP) is -1.43. The quantitative estimate of drug-likeness (QED) is 0.441. The van der Waals surface area contributed by atoms with Gasteiger partial charge in [0, 0.05) is 14.1 Å². The number of hydrogen-bond donors (Lipinski definition) is 1. The molecule has 1 aromatic heterocycles. The highest BCUT2D eigenvalue weighted by Crippen LogP contribution is 2.11. The highest BCUT2D eigenvalue weighted by atomic mass is 16.6. The Morgan fingerprint density at radius 2 is 1.79 bits per heavy atom. The maximum atomic E-state index is 11.2. The number of nitrogen functional groups attached to an aromatic ring is 1. The second-order valence-corrected chi connectivity index (χ2v) is 2.70. The second kappa shape index (κ2) is 2.98. The van der Waals surface area contributed by atoms with E-state index in [0.717, 1.165) is 11.6 Å². The van der Waals surface area contributed by atoms with Gasteiger partial charge in [0.2, 0.25) is 0 Å². The summed E-state index contributed by atoms with van der Waals surface area (Å²) in [5.74, 6) is -0.442. The molecule has 1 rings (SSSR count). The van der Waals surface area contributed by atoms with E-state index in [0.29, 0.717) is 4.57 Å². The lowest BCUT2D eigenvalue weighted by atomic mass is 10.4. The molecule has 8 nitrogen and oxygen atoms in total. The van der Waals surface area contributed by atoms with Gasteiger partial charge < -0.3 is 5.73 Å². The van der Waals surface area contributed by atoms with E-state index < -0.39 is 27.7 Å². The molecule has 0 atom stereocenters. The molecule has 0 fully saturated rings. The van der Waals surface area contributed by atoms with Crippen molar-refractivity contribution >= 4 is 11.5 Å². The van der Waals surface area contributed by atoms with Crippen molar-refractivity contribution < 1.29 is 4.92 Å². The number of hydrogen-bond acceptors (Lipinski definition) is 5. The van der Waals surface area contributed by atoms with Gasteiger partial charge in [0.1, 0.15) is 0 Å². The van der Waals surface area contributed by atoms with Crippen molar-refractivity contribution in [3.8, 4) is 0 Å². The fraction of sp³-hybridized carbons (Fsp3) is 0.333. The van der Waals surface area contributed by atoms with Crippen LogP contribution in [0.25, 0.3) is 0 Å². The third-order valence-corrected chi connectivity index (χ3v) is 1.87. The van der Waals surface area contributed by atoms with E-state index in [4.69, 9.17) is 5.73 Å². The van der Waals surface area contributed by atoms with Crippen LogP contribution < -0.4 is 17.0 Å². The molecule has 76 valence electrons. The van der Waals surface area contributed by atoms with E-state index in [1.54, 1.807) is 0 Å². The zero-order valence-corrected chi connectivity index (χ0v) is 7.55. The van der Waals surface area contributed by atoms with Gasteiger partial charge in [-0.1, -0.05) is 0 Å². The van der Waals surface area contributed by atoms with E-state index in [2.05, 4.69) is 0 Å². The first kappa shape index (κ1) is 9.96. The van der Waals surface area contributed by atoms with Crippen molar-refractivity contribution in [2.24, 2.45) is 14.1 Å². The molecule has 0 spiro atoms. The van der Waals surface area contributed by atoms with E-state index in [-0.39, 0.29) is 0 Å². The molecular formula is C6H8N4O4. The van der Waals surface area contributed by atoms with Gasteiger partial charge in [-0.3, -0.25) is 24.0 Å². The monoisotopic (exact) mass is 200 g/mol. The summed E-state index contributed by atoms with van der Waals surface area (Å²) >= 11 is 0. The second-order valence-electron chi connectivity index (χ2n) is 2.70. The lowest BCUT2D eigenvalue weighted by Gasteiger charge is -2.04. The SMILES string of the molecule is Cn1c(N)c([N+](=O)[O-])c(=O)n(C)c1=O. The number of aromatic nitrogens is 2. The van der Waals surface area contributed by atoms with Crippen molar-refractivity contribution in [2.75, 3.05) is 5.73 Å². The van der Waals surface area contributed by atoms with Crippen molar-refractivity contribution in [3.63, 3.8) is 0 Å². The number of nitrogens with zero attached hydrogens (tertiary/aromatic N) is 3. The highest BCUT2D eigenvalue weighted by molar-refractivity contribution is 5.50. The normalized spacial score (nSPS) is 10.1. The summed E-state index contributed by atoms with van der Waals surface area (Å²) in [6.45, 7) is 0. The lowest BCUT2D eigenvalue weighted by molar-refractivity contribution is -0.386. The van der Waals surface area contributed by atoms with Crippen LogP contribution in [0.1, 0.15) is 0 Å². The van der Waals surface area contributed by atoms with Gasteiger partial charge in [0.05, 0.1) is 4.92 Å². The van der Waals surface area contributed by atoms with E-state index in [1.165, 1.54) is 7.05 Å². The Morgan fingerprint density at radius 3 is 2.21 bits per heavy atom. The smallest absolute Gasteiger partial charge is 0.374 e. The molecule has 0 saturated carbocycles. The summed E-state index contributed by atoms with van der Waals surface area (Å²) in [6, 6.07) is 0. The molecule has 0 aliphatic carbocycles. The topological polar surface area (TPSA) is 113 Å². The van der Waals surface area contributed by atoms with Crippen LogP contribution >= 0.6 is 0 Å². The average molecular weight is 200 g/mol. The van der Waals surface area contributed by atoms with Gasteiger partial charge in [0.25, 0.3) is 0 Å². The Kier molecular flexibility index (Phi) is 2.12. The first-order valence-corrected chi connectivity index (χ1v) is 3.57. The average Bonchev–Trinajstić information content (AvgIpc) is 2.11. The summed E-state index contributed by atoms with van der Waals surface area (Å²) in [4.78, 5) is 32.0. The highest BCUT2D eigenvalue weighted by Gasteiger charge is 2.22. The molecular weight excluding hydrogens is 192 g/mol. The number of anilines is 1. The maximum absolute atomic E-state index is 11.2. The van der Waals surface area contributed by atoms with Crippen LogP contribution in [0.4, 0.5) is 11.5 Å². The summed E-state index contributed by atoms with van der Waals surface area (Å²) in [5.41, 5.74) is 2.78. The van der Waals surface area contributed by atoms with Crippen molar-refractivity contribution in [2.45, 2.75) is 0 Å². The maximum Gasteiger partial charge on any atom is 0.374 e. The Balaban J connectivity index is 3.88. The van der Waals surface area contributed by atoms with Gasteiger partial charge in [-0.25, -0.2) is 4.79 Å². The molecule has 0 aromatic carbocycles. The largest absolute Gasteiger partial charge is 0.379 e. The zero-order chi connectivity index (χ0) is 11.0. The van der Waals surface area contributed by atoms with E-state index >= 15 is 0 Å². The standard InChI is InChI=1S/C6H8N4O4/c1-8-4(7)3(10(13)14)5(11)9(2)6(8)12/h7H2,1-2H3. The van der Waals surface area contributed by atoms with Crippen LogP contribution in [-0.4, -0.2) is 14.1 Å². The van der Waals surface area contributed by atoms with Gasteiger partial charge in [-0.15, -0.1) is 0 Å². The fourth-order valence-electron chi connectivity index (χ4n) is 1.01. The Morgan fingerprint density at radius 1 is 1.29 bits per heavy atom. The van der Waals surface area contributed by atoms with E-state index in [1.807, 2.05) is 0 Å². The summed E-state index contributed by atoms with van der Waals surface area (Å²) in [7, 11) is 2.40. The minimum absolute atomic E-state index is 0.442. The predicted molar refractivity (Wildman–Crippen MR) is 48.0 cm³/mol. The number of rotatable bonds is 1. The zero-order valence-electron chi connectivity index (χ0n) is 7.55.